The minimum atomic E-state index is -0.393. The summed E-state index contributed by atoms with van der Waals surface area (Å²) in [5.41, 5.74) is 25.3. The zero-order chi connectivity index (χ0) is 109. The van der Waals surface area contributed by atoms with Crippen molar-refractivity contribution in [2.24, 2.45) is 54.1 Å². The fourth-order valence-electron chi connectivity index (χ4n) is 15.8. The topological polar surface area (TPSA) is 118 Å². The third-order valence-corrected chi connectivity index (χ3v) is 25.3. The molecule has 0 spiro atoms. The number of amides is 2. The van der Waals surface area contributed by atoms with E-state index in [0.29, 0.717) is 73.8 Å². The lowest BCUT2D eigenvalue weighted by Crippen LogP contribution is -2.29. The first-order chi connectivity index (χ1) is 63.3. The molecule has 8 aromatic carbocycles. The molecule has 141 heavy (non-hydrogen) atoms. The lowest BCUT2D eigenvalue weighted by atomic mass is 9.74. The molecule has 0 aliphatic rings. The minimum Gasteiger partial charge on any atom is -0.352 e. The number of nitrogens with zero attached hydrogens (tertiary/aromatic N) is 2. The molecule has 2 N–H and O–H groups in total. The van der Waals surface area contributed by atoms with Crippen LogP contribution in [0.3, 0.4) is 0 Å². The van der Waals surface area contributed by atoms with E-state index >= 15 is 0 Å². The maximum Gasteiger partial charge on any atom is 0.251 e. The second kappa shape index (κ2) is 52.1. The van der Waals surface area contributed by atoms with Crippen molar-refractivity contribution >= 4 is 34.7 Å². The van der Waals surface area contributed by atoms with Crippen LogP contribution >= 0.6 is 11.3 Å². The number of benzene rings is 8. The van der Waals surface area contributed by atoms with Crippen molar-refractivity contribution in [1.82, 2.24) is 20.8 Å². The molecule has 9 aromatic rings. The van der Waals surface area contributed by atoms with Gasteiger partial charge in [-0.25, -0.2) is 0 Å². The highest BCUT2D eigenvalue weighted by atomic mass is 32.1. The van der Waals surface area contributed by atoms with Crippen LogP contribution in [-0.2, 0) is 58.2 Å². The van der Waals surface area contributed by atoms with Gasteiger partial charge in [-0.15, -0.1) is 21.5 Å². The highest BCUT2D eigenvalue weighted by Gasteiger charge is 2.31. The maximum absolute atomic E-state index is 12.2. The van der Waals surface area contributed by atoms with Gasteiger partial charge in [0.2, 0.25) is 0 Å². The second-order valence-electron chi connectivity index (χ2n) is 58.2. The number of aryl methyl sites for hydroxylation is 3. The highest BCUT2D eigenvalue weighted by molar-refractivity contribution is 7.11. The molecule has 0 saturated heterocycles. The van der Waals surface area contributed by atoms with Crippen LogP contribution in [0.25, 0.3) is 11.1 Å². The van der Waals surface area contributed by atoms with Crippen molar-refractivity contribution in [2.45, 2.75) is 443 Å². The summed E-state index contributed by atoms with van der Waals surface area (Å²) in [7, 11) is 0. The fraction of sp³-hybridized carbons (Fsp3) is 0.591. The molecule has 2 amide bonds. The quantitative estimate of drug-likeness (QED) is 0.0931. The normalized spacial score (nSPS) is 12.7. The summed E-state index contributed by atoms with van der Waals surface area (Å²) in [6.45, 7) is 114. The first-order valence-electron chi connectivity index (χ1n) is 52.6. The van der Waals surface area contributed by atoms with Crippen LogP contribution in [0.5, 0.6) is 0 Å². The summed E-state index contributed by atoms with van der Waals surface area (Å²) in [6.07, 6.45) is 8.98. The number of ketones is 2. The van der Waals surface area contributed by atoms with Crippen molar-refractivity contribution in [3.05, 3.63) is 281 Å². The average molecular weight is 1950 g/mol. The molecule has 1 heterocycles. The number of Topliss-reactive ketones (excluding diaryl/α,β-unsaturated/α-hetero) is 2. The summed E-state index contributed by atoms with van der Waals surface area (Å²) < 4.78 is 0. The van der Waals surface area contributed by atoms with Crippen LogP contribution < -0.4 is 10.6 Å². The number of nitrogens with one attached hydrogen (secondary N) is 2. The van der Waals surface area contributed by atoms with E-state index in [9.17, 15) is 19.2 Å². The smallest absolute Gasteiger partial charge is 0.251 e. The van der Waals surface area contributed by atoms with E-state index in [1.807, 2.05) is 41.5 Å². The van der Waals surface area contributed by atoms with Crippen molar-refractivity contribution in [3.8, 4) is 11.1 Å². The van der Waals surface area contributed by atoms with Crippen molar-refractivity contribution in [3.63, 3.8) is 0 Å². The van der Waals surface area contributed by atoms with Crippen LogP contribution in [0, 0.1) is 74.9 Å². The Kier molecular flexibility index (Phi) is 47.5. The molecular weight excluding hydrogens is 1740 g/mol. The van der Waals surface area contributed by atoms with Gasteiger partial charge in [0.25, 0.3) is 11.8 Å². The molecule has 9 rings (SSSR count). The molecule has 784 valence electrons. The number of hydrogen-bond acceptors (Lipinski definition) is 7. The Labute approximate surface area is 871 Å². The van der Waals surface area contributed by atoms with Crippen LogP contribution in [0.4, 0.5) is 0 Å². The highest BCUT2D eigenvalue weighted by Crippen LogP contribution is 2.42. The Bertz CT molecular complexity index is 5000. The van der Waals surface area contributed by atoms with Gasteiger partial charge in [-0.3, -0.25) is 19.2 Å². The molecule has 9 heteroatoms. The Hall–Kier alpha value is -8.40. The lowest BCUT2D eigenvalue weighted by Gasteiger charge is -2.31. The number of rotatable bonds is 16. The van der Waals surface area contributed by atoms with E-state index in [1.165, 1.54) is 92.4 Å². The molecule has 0 aliphatic heterocycles. The zero-order valence-corrected chi connectivity index (χ0v) is 101. The molecule has 0 fully saturated rings. The zero-order valence-electron chi connectivity index (χ0n) is 99.9. The Morgan fingerprint density at radius 2 is 0.596 bits per heavy atom. The molecule has 0 bridgehead atoms. The van der Waals surface area contributed by atoms with E-state index in [0.717, 1.165) is 35.7 Å². The van der Waals surface area contributed by atoms with Gasteiger partial charge in [0.05, 0.1) is 0 Å². The number of hydrogen-bond donors (Lipinski definition) is 2. The summed E-state index contributed by atoms with van der Waals surface area (Å²) in [5.74, 6) is 0.595. The van der Waals surface area contributed by atoms with E-state index in [2.05, 4.69) is 466 Å². The first kappa shape index (κ1) is 129. The molecule has 1 aromatic heterocycles. The van der Waals surface area contributed by atoms with Crippen LogP contribution in [0.15, 0.2) is 182 Å². The third-order valence-electron chi connectivity index (χ3n) is 23.6. The van der Waals surface area contributed by atoms with Crippen LogP contribution in [0.2, 0.25) is 0 Å². The summed E-state index contributed by atoms with van der Waals surface area (Å²) in [4.78, 5) is 48.5. The van der Waals surface area contributed by atoms with Gasteiger partial charge in [-0.2, -0.15) is 0 Å². The largest absolute Gasteiger partial charge is 0.352 e. The second-order valence-corrected chi connectivity index (χ2v) is 59.2. The minimum absolute atomic E-state index is 0.0947. The molecule has 0 saturated carbocycles. The number of aromatic nitrogens is 2. The summed E-state index contributed by atoms with van der Waals surface area (Å²) in [6, 6.07) is 63.5. The average Bonchev–Trinajstić information content (AvgIpc) is 1.15. The Morgan fingerprint density at radius 3 is 0.851 bits per heavy atom. The maximum atomic E-state index is 12.2. The van der Waals surface area contributed by atoms with E-state index in [-0.39, 0.29) is 66.7 Å². The van der Waals surface area contributed by atoms with Gasteiger partial charge in [0.1, 0.15) is 10.0 Å². The van der Waals surface area contributed by atoms with Crippen molar-refractivity contribution < 1.29 is 19.2 Å². The summed E-state index contributed by atoms with van der Waals surface area (Å²) in [5, 5.41) is 16.5. The third kappa shape index (κ3) is 53.3. The number of carbonyl (C=O) groups excluding carboxylic acids is 4. The predicted molar refractivity (Wildman–Crippen MR) is 621 cm³/mol. The van der Waals surface area contributed by atoms with Crippen LogP contribution in [-0.4, -0.2) is 46.7 Å². The van der Waals surface area contributed by atoms with Gasteiger partial charge in [-0.1, -0.05) is 502 Å². The van der Waals surface area contributed by atoms with Gasteiger partial charge < -0.3 is 10.6 Å². The van der Waals surface area contributed by atoms with Crippen molar-refractivity contribution in [1.29, 1.82) is 0 Å². The SMILES string of the molecule is CC(C)(C)C(=O)c1ccc(C(=O)C(C)(C)C)cc1.CC(C)(C)CC(CC(C)(C)C)c1ccccc1.CC(C)(C)CCNC(=O)c1cccc(C(=O)NCCC(C)(C)C)c1.CC(C)(C)Cc1ccc(CC(C)(C)C)cc1.CC(C)(C)c1ccc(-c2ccc(C(C)(C)C)cc2)cc1.CC(C)(C)c1nnc(C(C)(C)C)s1.Cc1cc(CC(C)(C)C)c(CC(C)(C)C)cc1C.Cc1ccc(C(C)(C)C)c(C(C)(C)C)c1. The molecule has 0 unspecified atom stereocenters. The molecule has 0 aliphatic carbocycles. The first-order valence-corrected chi connectivity index (χ1v) is 53.4. The predicted octanol–water partition coefficient (Wildman–Crippen LogP) is 37.8. The monoisotopic (exact) mass is 1940 g/mol. The standard InChI is InChI=1S/C20H32N2O2.C20H26.C18H30.C17H28.C16H22O2.C16H26.C15H24.C10H18N2S/c1-19(2,3)10-12-21-17(23)15-8-7-9-16(14-15)18(24)22-13-11-20(4,5)6;1-19(2,3)17-11-7-15(8-12-17)16-9-13-18(14-10-16)20(4,5)6;1-13-9-15(11-17(3,4)5)16(10-14(13)2)12-18(6,7)8;1-16(2,3)12-15(13-17(4,5)6)14-10-8-7-9-11-14;1-15(2,3)13(17)11-7-9-12(10-8-11)14(18)16(4,5)6;1-15(2,3)11-13-7-9-14(10-8-13)12-16(4,5)6;1-11-8-9-12(14(2,3)4)13(10-11)15(5,6)7;1-9(2,3)7-11-12-8(13-7)10(4,5)6/h7-9,14H,10-13H2,1-6H3,(H,21,23)(H,22,24);7-14H,1-6H3;9-10H,11-12H2,1-8H3;7-11,15H,12-13H2,1-6H3;7-10H,1-6H3;7-10H,11-12H2,1-6H3;8-10H,1-7H3;1-6H3. The lowest BCUT2D eigenvalue weighted by molar-refractivity contribution is 0.0848. The molecule has 0 atom stereocenters. The molecule has 0 radical (unpaired) electrons. The van der Waals surface area contributed by atoms with E-state index in [4.69, 9.17) is 0 Å². The van der Waals surface area contributed by atoms with Gasteiger partial charge in [-0.05, 0) is 234 Å². The van der Waals surface area contributed by atoms with Crippen molar-refractivity contribution in [2.75, 3.05) is 13.1 Å². The summed E-state index contributed by atoms with van der Waals surface area (Å²) >= 11 is 1.72. The van der Waals surface area contributed by atoms with Gasteiger partial charge in [0, 0.05) is 57.0 Å². The molecule has 8 nitrogen and oxygen atoms in total. The number of carbonyl (C=O) groups is 4. The van der Waals surface area contributed by atoms with Crippen LogP contribution in [0.1, 0.15) is 482 Å². The Balaban J connectivity index is 0.000000548. The fourth-order valence-corrected chi connectivity index (χ4v) is 16.7. The van der Waals surface area contributed by atoms with Gasteiger partial charge in [0.15, 0.2) is 11.6 Å². The van der Waals surface area contributed by atoms with Gasteiger partial charge >= 0.3 is 0 Å². The van der Waals surface area contributed by atoms with E-state index < -0.39 is 10.8 Å². The molecular formula is C132H206N4O4S. The Morgan fingerprint density at radius 1 is 0.284 bits per heavy atom. The van der Waals surface area contributed by atoms with E-state index in [1.54, 1.807) is 71.0 Å².